The lowest BCUT2D eigenvalue weighted by atomic mass is 9.95. The van der Waals surface area contributed by atoms with Crippen molar-refractivity contribution in [3.8, 4) is 0 Å². The van der Waals surface area contributed by atoms with Crippen molar-refractivity contribution in [1.29, 1.82) is 0 Å². The van der Waals surface area contributed by atoms with Crippen molar-refractivity contribution in [1.82, 2.24) is 4.90 Å². The number of likely N-dealkylation sites (N-methyl/N-ethyl adjacent to an activating group) is 1. The van der Waals surface area contributed by atoms with Crippen molar-refractivity contribution in [2.75, 3.05) is 37.0 Å². The second kappa shape index (κ2) is 10.1. The van der Waals surface area contributed by atoms with E-state index in [1.54, 1.807) is 23.7 Å². The molecule has 7 nitrogen and oxygen atoms in total. The van der Waals surface area contributed by atoms with Gasteiger partial charge in [-0.25, -0.2) is 0 Å². The lowest BCUT2D eigenvalue weighted by Gasteiger charge is -2.16. The van der Waals surface area contributed by atoms with Crippen molar-refractivity contribution in [3.05, 3.63) is 40.3 Å². The number of amides is 3. The summed E-state index contributed by atoms with van der Waals surface area (Å²) in [5, 5.41) is 6.22. The molecule has 1 aliphatic rings. The number of hydrogen-bond donors (Lipinski definition) is 3. The number of fused-ring (bicyclic) bond motifs is 1. The number of rotatable bonds is 8. The van der Waals surface area contributed by atoms with Gasteiger partial charge < -0.3 is 16.4 Å². The highest BCUT2D eigenvalue weighted by Gasteiger charge is 2.25. The first-order valence-electron chi connectivity index (χ1n) is 9.74. The number of carbonyl (C=O) groups excluding carboxylic acids is 3. The fourth-order valence-electron chi connectivity index (χ4n) is 3.56. The molecule has 1 heterocycles. The van der Waals surface area contributed by atoms with Gasteiger partial charge in [0.15, 0.2) is 0 Å². The van der Waals surface area contributed by atoms with Gasteiger partial charge in [-0.3, -0.25) is 19.3 Å². The van der Waals surface area contributed by atoms with Crippen LogP contribution in [0.1, 0.15) is 33.6 Å². The molecule has 3 amide bonds. The Bertz CT molecular complexity index is 958. The van der Waals surface area contributed by atoms with Gasteiger partial charge in [0.2, 0.25) is 11.8 Å². The van der Waals surface area contributed by atoms with Crippen molar-refractivity contribution in [2.45, 2.75) is 30.6 Å². The molecule has 1 aromatic carbocycles. The molecule has 2 aromatic rings. The third kappa shape index (κ3) is 5.41. The zero-order chi connectivity index (χ0) is 21.7. The van der Waals surface area contributed by atoms with Gasteiger partial charge in [0, 0.05) is 9.77 Å². The van der Waals surface area contributed by atoms with Gasteiger partial charge in [-0.2, -0.15) is 0 Å². The van der Waals surface area contributed by atoms with E-state index in [9.17, 15) is 14.4 Å². The Hall–Kier alpha value is -2.36. The first-order chi connectivity index (χ1) is 14.4. The Kier molecular flexibility index (Phi) is 7.52. The van der Waals surface area contributed by atoms with E-state index >= 15 is 0 Å². The molecule has 0 aliphatic heterocycles. The number of aryl methyl sites for hydroxylation is 1. The van der Waals surface area contributed by atoms with Crippen molar-refractivity contribution in [3.63, 3.8) is 0 Å². The summed E-state index contributed by atoms with van der Waals surface area (Å²) in [5.74, 6) is -0.989. The molecule has 0 saturated carbocycles. The topological polar surface area (TPSA) is 105 Å². The van der Waals surface area contributed by atoms with Gasteiger partial charge in [0.05, 0.1) is 24.3 Å². The van der Waals surface area contributed by atoms with E-state index in [4.69, 9.17) is 5.73 Å². The molecule has 0 bridgehead atoms. The number of carbonyl (C=O) groups is 3. The maximum absolute atomic E-state index is 12.5. The van der Waals surface area contributed by atoms with Crippen molar-refractivity contribution < 1.29 is 14.4 Å². The molecule has 0 atom stereocenters. The minimum Gasteiger partial charge on any atom is -0.365 e. The third-order valence-corrected chi connectivity index (χ3v) is 6.88. The van der Waals surface area contributed by atoms with Gasteiger partial charge >= 0.3 is 0 Å². The van der Waals surface area contributed by atoms with E-state index in [1.807, 2.05) is 30.5 Å². The Balaban J connectivity index is 1.58. The van der Waals surface area contributed by atoms with Crippen molar-refractivity contribution >= 4 is 51.5 Å². The maximum Gasteiger partial charge on any atom is 0.251 e. The maximum atomic E-state index is 12.5. The van der Waals surface area contributed by atoms with Crippen LogP contribution < -0.4 is 16.4 Å². The van der Waals surface area contributed by atoms with Gasteiger partial charge in [-0.1, -0.05) is 12.1 Å². The number of thioether (sulfide) groups is 1. The summed E-state index contributed by atoms with van der Waals surface area (Å²) >= 11 is 2.99. The summed E-state index contributed by atoms with van der Waals surface area (Å²) in [7, 11) is 1.70. The Morgan fingerprint density at radius 2 is 1.77 bits per heavy atom. The van der Waals surface area contributed by atoms with Crippen LogP contribution in [0.15, 0.2) is 29.2 Å². The van der Waals surface area contributed by atoms with Crippen LogP contribution in [0.4, 0.5) is 10.7 Å². The molecule has 30 heavy (non-hydrogen) atoms. The zero-order valence-electron chi connectivity index (χ0n) is 17.1. The number of para-hydroxylation sites is 1. The first-order valence-corrected chi connectivity index (χ1v) is 11.8. The normalized spacial score (nSPS) is 13.0. The quantitative estimate of drug-likeness (QED) is 0.541. The van der Waals surface area contributed by atoms with Crippen LogP contribution >= 0.6 is 23.1 Å². The average molecular weight is 447 g/mol. The third-order valence-electron chi connectivity index (χ3n) is 4.88. The van der Waals surface area contributed by atoms with Gasteiger partial charge in [-0.15, -0.1) is 23.1 Å². The second-order valence-electron chi connectivity index (χ2n) is 7.25. The number of hydrogen-bond acceptors (Lipinski definition) is 6. The zero-order valence-corrected chi connectivity index (χ0v) is 18.8. The largest absolute Gasteiger partial charge is 0.365 e. The molecule has 160 valence electrons. The van der Waals surface area contributed by atoms with E-state index < -0.39 is 5.91 Å². The number of nitrogens with zero attached hydrogens (tertiary/aromatic N) is 1. The number of anilines is 2. The lowest BCUT2D eigenvalue weighted by Crippen LogP contribution is -2.36. The summed E-state index contributed by atoms with van der Waals surface area (Å²) in [6.07, 6.45) is 5.78. The summed E-state index contributed by atoms with van der Waals surface area (Å²) in [5.41, 5.74) is 7.75. The van der Waals surface area contributed by atoms with E-state index in [1.165, 1.54) is 11.3 Å². The summed E-state index contributed by atoms with van der Waals surface area (Å²) in [6, 6.07) is 7.57. The molecular weight excluding hydrogens is 420 g/mol. The predicted octanol–water partition coefficient (Wildman–Crippen LogP) is 2.96. The number of nitrogens with two attached hydrogens (primary N) is 1. The number of primary amides is 1. The average Bonchev–Trinajstić information content (AvgIpc) is 3.05. The second-order valence-corrected chi connectivity index (χ2v) is 9.20. The van der Waals surface area contributed by atoms with Crippen LogP contribution in [0.2, 0.25) is 0 Å². The molecule has 3 rings (SSSR count). The van der Waals surface area contributed by atoms with Gasteiger partial charge in [0.25, 0.3) is 5.91 Å². The molecule has 1 aromatic heterocycles. The molecule has 0 radical (unpaired) electrons. The van der Waals surface area contributed by atoms with Crippen LogP contribution in [-0.4, -0.2) is 49.0 Å². The number of benzene rings is 1. The summed E-state index contributed by atoms with van der Waals surface area (Å²) in [4.78, 5) is 40.6. The van der Waals surface area contributed by atoms with E-state index in [0.29, 0.717) is 10.6 Å². The smallest absolute Gasteiger partial charge is 0.251 e. The fraction of sp³-hybridized carbons (Fsp3) is 0.381. The Morgan fingerprint density at radius 1 is 1.10 bits per heavy atom. The minimum absolute atomic E-state index is 0.0262. The van der Waals surface area contributed by atoms with E-state index in [2.05, 4.69) is 10.6 Å². The molecule has 0 fully saturated rings. The van der Waals surface area contributed by atoms with Gasteiger partial charge in [-0.05, 0) is 56.7 Å². The molecule has 0 unspecified atom stereocenters. The van der Waals surface area contributed by atoms with Gasteiger partial charge in [0.1, 0.15) is 5.00 Å². The molecule has 0 spiro atoms. The Morgan fingerprint density at radius 3 is 2.47 bits per heavy atom. The highest BCUT2D eigenvalue weighted by molar-refractivity contribution is 7.98. The lowest BCUT2D eigenvalue weighted by molar-refractivity contribution is -0.119. The van der Waals surface area contributed by atoms with Crippen LogP contribution in [-0.2, 0) is 22.4 Å². The number of thiophene rings is 1. The van der Waals surface area contributed by atoms with Crippen molar-refractivity contribution in [2.24, 2.45) is 5.73 Å². The highest BCUT2D eigenvalue weighted by atomic mass is 32.2. The minimum atomic E-state index is -0.509. The summed E-state index contributed by atoms with van der Waals surface area (Å²) < 4.78 is 0. The molecule has 1 aliphatic carbocycles. The standard InChI is InChI=1S/C21H26N4O3S2/c1-25(11-17(26)23-14-8-4-6-10-16(14)29-2)12-18(27)24-21-19(20(22)28)13-7-3-5-9-15(13)30-21/h4,6,8,10H,3,5,7,9,11-12H2,1-2H3,(H2,22,28)(H,23,26)(H,24,27). The monoisotopic (exact) mass is 446 g/mol. The fourth-order valence-corrected chi connectivity index (χ4v) is 5.43. The summed E-state index contributed by atoms with van der Waals surface area (Å²) in [6.45, 7) is 0.0954. The predicted molar refractivity (Wildman–Crippen MR) is 122 cm³/mol. The van der Waals surface area contributed by atoms with E-state index in [0.717, 1.165) is 46.7 Å². The molecular formula is C21H26N4O3S2. The first kappa shape index (κ1) is 22.3. The van der Waals surface area contributed by atoms with E-state index in [-0.39, 0.29) is 24.9 Å². The molecule has 9 heteroatoms. The SMILES string of the molecule is CSc1ccccc1NC(=O)CN(C)CC(=O)Nc1sc2c(c1C(N)=O)CCCC2. The molecule has 0 saturated heterocycles. The van der Waals surface area contributed by atoms with Crippen LogP contribution in [0, 0.1) is 0 Å². The molecule has 4 N–H and O–H groups in total. The highest BCUT2D eigenvalue weighted by Crippen LogP contribution is 2.37. The van der Waals surface area contributed by atoms with Crippen LogP contribution in [0.25, 0.3) is 0 Å². The van der Waals surface area contributed by atoms with Crippen LogP contribution in [0.5, 0.6) is 0 Å². The van der Waals surface area contributed by atoms with Crippen LogP contribution in [0.3, 0.4) is 0 Å². The number of nitrogens with one attached hydrogen (secondary N) is 2. The Labute approximate surface area is 184 Å².